The number of fused-ring (bicyclic) bond motifs is 1. The molecule has 0 bridgehead atoms. The molecule has 3 nitrogen and oxygen atoms in total. The molecule has 1 aromatic carbocycles. The second kappa shape index (κ2) is 6.20. The van der Waals surface area contributed by atoms with Gasteiger partial charge in [-0.2, -0.15) is 0 Å². The Kier molecular flexibility index (Phi) is 4.59. The van der Waals surface area contributed by atoms with Gasteiger partial charge < -0.3 is 4.74 Å². The SMILES string of the molecule is CCN(CC(=O)c1ccc2c(c1)CCO2)CC(C)C. The van der Waals surface area contributed by atoms with E-state index in [1.165, 1.54) is 0 Å². The summed E-state index contributed by atoms with van der Waals surface area (Å²) in [6.07, 6.45) is 0.917. The third kappa shape index (κ3) is 3.57. The molecule has 0 unspecified atom stereocenters. The van der Waals surface area contributed by atoms with E-state index in [0.717, 1.165) is 43.0 Å². The van der Waals surface area contributed by atoms with E-state index in [4.69, 9.17) is 4.74 Å². The Morgan fingerprint density at radius 3 is 2.89 bits per heavy atom. The van der Waals surface area contributed by atoms with Crippen LogP contribution in [0.4, 0.5) is 0 Å². The molecular weight excluding hydrogens is 238 g/mol. The van der Waals surface area contributed by atoms with Gasteiger partial charge in [-0.3, -0.25) is 9.69 Å². The first kappa shape index (κ1) is 14.1. The standard InChI is InChI=1S/C16H23NO2/c1-4-17(10-12(2)3)11-15(18)13-5-6-16-14(9-13)7-8-19-16/h5-6,9,12H,4,7-8,10-11H2,1-3H3. The zero-order valence-corrected chi connectivity index (χ0v) is 12.1. The van der Waals surface area contributed by atoms with Crippen LogP contribution in [-0.4, -0.2) is 36.9 Å². The van der Waals surface area contributed by atoms with Crippen molar-refractivity contribution in [2.75, 3.05) is 26.2 Å². The van der Waals surface area contributed by atoms with E-state index in [-0.39, 0.29) is 5.78 Å². The lowest BCUT2D eigenvalue weighted by atomic mass is 10.0. The van der Waals surface area contributed by atoms with Crippen molar-refractivity contribution in [3.05, 3.63) is 29.3 Å². The molecule has 0 aromatic heterocycles. The number of nitrogens with zero attached hydrogens (tertiary/aromatic N) is 1. The van der Waals surface area contributed by atoms with Crippen molar-refractivity contribution in [1.82, 2.24) is 4.90 Å². The third-order valence-corrected chi connectivity index (χ3v) is 3.45. The van der Waals surface area contributed by atoms with E-state index in [0.29, 0.717) is 12.5 Å². The summed E-state index contributed by atoms with van der Waals surface area (Å²) in [5.41, 5.74) is 1.98. The van der Waals surface area contributed by atoms with Crippen molar-refractivity contribution in [1.29, 1.82) is 0 Å². The van der Waals surface area contributed by atoms with Gasteiger partial charge in [0.05, 0.1) is 13.2 Å². The van der Waals surface area contributed by atoms with Gasteiger partial charge in [0.2, 0.25) is 0 Å². The molecule has 0 spiro atoms. The lowest BCUT2D eigenvalue weighted by molar-refractivity contribution is 0.0926. The van der Waals surface area contributed by atoms with Crippen molar-refractivity contribution in [2.24, 2.45) is 5.92 Å². The summed E-state index contributed by atoms with van der Waals surface area (Å²) in [6, 6.07) is 5.80. The van der Waals surface area contributed by atoms with E-state index in [2.05, 4.69) is 25.7 Å². The lowest BCUT2D eigenvalue weighted by Gasteiger charge is -2.21. The fourth-order valence-corrected chi connectivity index (χ4v) is 2.48. The summed E-state index contributed by atoms with van der Waals surface area (Å²) in [5.74, 6) is 1.73. The van der Waals surface area contributed by atoms with E-state index in [9.17, 15) is 4.79 Å². The highest BCUT2D eigenvalue weighted by Crippen LogP contribution is 2.26. The van der Waals surface area contributed by atoms with Crippen LogP contribution in [0, 0.1) is 5.92 Å². The molecule has 1 heterocycles. The van der Waals surface area contributed by atoms with Crippen molar-refractivity contribution >= 4 is 5.78 Å². The van der Waals surface area contributed by atoms with Crippen LogP contribution in [0.5, 0.6) is 5.75 Å². The number of ether oxygens (including phenoxy) is 1. The first-order valence-corrected chi connectivity index (χ1v) is 7.11. The predicted octanol–water partition coefficient (Wildman–Crippen LogP) is 2.78. The molecule has 3 heteroatoms. The van der Waals surface area contributed by atoms with Crippen LogP contribution in [-0.2, 0) is 6.42 Å². The summed E-state index contributed by atoms with van der Waals surface area (Å²) in [6.45, 7) is 9.59. The maximum Gasteiger partial charge on any atom is 0.176 e. The number of ketones is 1. The zero-order chi connectivity index (χ0) is 13.8. The summed E-state index contributed by atoms with van der Waals surface area (Å²) < 4.78 is 5.47. The normalized spacial score (nSPS) is 13.7. The first-order valence-electron chi connectivity index (χ1n) is 7.11. The van der Waals surface area contributed by atoms with Crippen LogP contribution >= 0.6 is 0 Å². The van der Waals surface area contributed by atoms with Crippen LogP contribution < -0.4 is 4.74 Å². The van der Waals surface area contributed by atoms with Gasteiger partial charge >= 0.3 is 0 Å². The number of hydrogen-bond acceptors (Lipinski definition) is 3. The topological polar surface area (TPSA) is 29.5 Å². The molecule has 0 atom stereocenters. The number of Topliss-reactive ketones (excluding diaryl/α,β-unsaturated/α-hetero) is 1. The highest BCUT2D eigenvalue weighted by molar-refractivity contribution is 5.98. The highest BCUT2D eigenvalue weighted by Gasteiger charge is 2.17. The van der Waals surface area contributed by atoms with Crippen LogP contribution in [0.3, 0.4) is 0 Å². The second-order valence-corrected chi connectivity index (χ2v) is 5.57. The molecular formula is C16H23NO2. The maximum absolute atomic E-state index is 12.3. The van der Waals surface area contributed by atoms with Gasteiger partial charge in [-0.15, -0.1) is 0 Å². The molecule has 0 saturated heterocycles. The van der Waals surface area contributed by atoms with Gasteiger partial charge in [0.25, 0.3) is 0 Å². The van der Waals surface area contributed by atoms with Crippen LogP contribution in [0.1, 0.15) is 36.7 Å². The molecule has 0 radical (unpaired) electrons. The van der Waals surface area contributed by atoms with Gasteiger partial charge in [-0.05, 0) is 36.2 Å². The smallest absolute Gasteiger partial charge is 0.176 e. The van der Waals surface area contributed by atoms with Crippen molar-refractivity contribution in [3.63, 3.8) is 0 Å². The second-order valence-electron chi connectivity index (χ2n) is 5.57. The molecule has 1 aromatic rings. The Morgan fingerprint density at radius 2 is 2.21 bits per heavy atom. The maximum atomic E-state index is 12.3. The summed E-state index contributed by atoms with van der Waals surface area (Å²) in [7, 11) is 0. The van der Waals surface area contributed by atoms with E-state index >= 15 is 0 Å². The van der Waals surface area contributed by atoms with E-state index < -0.39 is 0 Å². The lowest BCUT2D eigenvalue weighted by Crippen LogP contribution is -2.32. The molecule has 0 N–H and O–H groups in total. The highest BCUT2D eigenvalue weighted by atomic mass is 16.5. The molecule has 2 rings (SSSR count). The number of carbonyl (C=O) groups is 1. The Morgan fingerprint density at radius 1 is 1.42 bits per heavy atom. The molecule has 1 aliphatic rings. The Balaban J connectivity index is 2.03. The van der Waals surface area contributed by atoms with Gasteiger partial charge in [0, 0.05) is 18.5 Å². The summed E-state index contributed by atoms with van der Waals surface area (Å²) in [4.78, 5) is 14.5. The average molecular weight is 261 g/mol. The minimum Gasteiger partial charge on any atom is -0.493 e. The number of benzene rings is 1. The minimum atomic E-state index is 0.206. The molecule has 0 saturated carbocycles. The van der Waals surface area contributed by atoms with Crippen LogP contribution in [0.25, 0.3) is 0 Å². The molecule has 19 heavy (non-hydrogen) atoms. The number of likely N-dealkylation sites (N-methyl/N-ethyl adjacent to an activating group) is 1. The third-order valence-electron chi connectivity index (χ3n) is 3.45. The average Bonchev–Trinajstić information content (AvgIpc) is 2.84. The minimum absolute atomic E-state index is 0.206. The molecule has 0 aliphatic carbocycles. The van der Waals surface area contributed by atoms with Gasteiger partial charge in [0.15, 0.2) is 5.78 Å². The van der Waals surface area contributed by atoms with Crippen molar-refractivity contribution < 1.29 is 9.53 Å². The van der Waals surface area contributed by atoms with Gasteiger partial charge in [0.1, 0.15) is 5.75 Å². The fraction of sp³-hybridized carbons (Fsp3) is 0.562. The first-order chi connectivity index (χ1) is 9.10. The van der Waals surface area contributed by atoms with Gasteiger partial charge in [-0.25, -0.2) is 0 Å². The van der Waals surface area contributed by atoms with Crippen LogP contribution in [0.15, 0.2) is 18.2 Å². The van der Waals surface area contributed by atoms with Crippen molar-refractivity contribution in [2.45, 2.75) is 27.2 Å². The molecule has 0 fully saturated rings. The molecule has 1 aliphatic heterocycles. The quantitative estimate of drug-likeness (QED) is 0.737. The Labute approximate surface area is 115 Å². The summed E-state index contributed by atoms with van der Waals surface area (Å²) in [5, 5.41) is 0. The Bertz CT molecular complexity index is 454. The zero-order valence-electron chi connectivity index (χ0n) is 12.1. The number of carbonyl (C=O) groups excluding carboxylic acids is 1. The van der Waals surface area contributed by atoms with Crippen LogP contribution in [0.2, 0.25) is 0 Å². The molecule has 104 valence electrons. The van der Waals surface area contributed by atoms with E-state index in [1.807, 2.05) is 18.2 Å². The number of rotatable bonds is 6. The Hall–Kier alpha value is -1.35. The fourth-order valence-electron chi connectivity index (χ4n) is 2.48. The van der Waals surface area contributed by atoms with E-state index in [1.54, 1.807) is 0 Å². The van der Waals surface area contributed by atoms with Gasteiger partial charge in [-0.1, -0.05) is 20.8 Å². The number of hydrogen-bond donors (Lipinski definition) is 0. The largest absolute Gasteiger partial charge is 0.493 e. The monoisotopic (exact) mass is 261 g/mol. The van der Waals surface area contributed by atoms with Crippen molar-refractivity contribution in [3.8, 4) is 5.75 Å². The predicted molar refractivity (Wildman–Crippen MR) is 76.9 cm³/mol. The molecule has 0 amide bonds. The summed E-state index contributed by atoms with van der Waals surface area (Å²) >= 11 is 0.